The zero-order valence-corrected chi connectivity index (χ0v) is 20.4. The molecule has 1 saturated carbocycles. The van der Waals surface area contributed by atoms with Crippen LogP contribution >= 0.6 is 11.6 Å². The number of para-hydroxylation sites is 1. The molecular formula is C27H28ClN3O5. The molecule has 0 unspecified atom stereocenters. The number of carbonyl (C=O) groups is 3. The zero-order valence-electron chi connectivity index (χ0n) is 19.6. The van der Waals surface area contributed by atoms with Crippen molar-refractivity contribution in [2.24, 2.45) is 5.92 Å². The lowest BCUT2D eigenvalue weighted by Gasteiger charge is -2.26. The Kier molecular flexibility index (Phi) is 8.28. The Morgan fingerprint density at radius 2 is 1.58 bits per heavy atom. The smallest absolute Gasteiger partial charge is 0.319 e. The molecule has 1 aliphatic carbocycles. The van der Waals surface area contributed by atoms with Crippen LogP contribution in [0.25, 0.3) is 10.8 Å². The largest absolute Gasteiger partial charge is 0.490 e. The van der Waals surface area contributed by atoms with Crippen LogP contribution in [0.15, 0.2) is 60.7 Å². The fourth-order valence-corrected chi connectivity index (χ4v) is 4.42. The first-order chi connectivity index (χ1) is 17.4. The van der Waals surface area contributed by atoms with Crippen LogP contribution < -0.4 is 20.7 Å². The molecule has 0 bridgehead atoms. The van der Waals surface area contributed by atoms with E-state index >= 15 is 0 Å². The Hall–Kier alpha value is -3.78. The molecule has 9 heteroatoms. The number of hydrogen-bond donors (Lipinski definition) is 4. The summed E-state index contributed by atoms with van der Waals surface area (Å²) in [6.45, 7) is 0.522. The molecule has 0 radical (unpaired) electrons. The quantitative estimate of drug-likeness (QED) is 0.316. The van der Waals surface area contributed by atoms with Gasteiger partial charge in [-0.2, -0.15) is 0 Å². The third kappa shape index (κ3) is 6.66. The summed E-state index contributed by atoms with van der Waals surface area (Å²) in [5, 5.41) is 19.6. The van der Waals surface area contributed by atoms with E-state index in [9.17, 15) is 14.4 Å². The minimum absolute atomic E-state index is 0.0171. The zero-order chi connectivity index (χ0) is 25.5. The summed E-state index contributed by atoms with van der Waals surface area (Å²) in [7, 11) is 0. The fraction of sp³-hybridized carbons (Fsp3) is 0.296. The maximum Gasteiger partial charge on any atom is 0.319 e. The summed E-state index contributed by atoms with van der Waals surface area (Å²) in [5.74, 6) is -0.498. The van der Waals surface area contributed by atoms with Gasteiger partial charge in [-0.1, -0.05) is 35.9 Å². The first-order valence-corrected chi connectivity index (χ1v) is 12.3. The number of amides is 3. The van der Waals surface area contributed by atoms with Crippen molar-refractivity contribution >= 4 is 46.0 Å². The van der Waals surface area contributed by atoms with Crippen LogP contribution in [0.3, 0.4) is 0 Å². The van der Waals surface area contributed by atoms with E-state index in [1.807, 2.05) is 30.3 Å². The summed E-state index contributed by atoms with van der Waals surface area (Å²) in [5.41, 5.74) is 1.03. The number of hydrogen-bond acceptors (Lipinski definition) is 4. The van der Waals surface area contributed by atoms with Gasteiger partial charge in [-0.05, 0) is 72.9 Å². The fourth-order valence-electron chi connectivity index (χ4n) is 4.24. The lowest BCUT2D eigenvalue weighted by molar-refractivity contribution is -0.143. The molecule has 0 atom stereocenters. The van der Waals surface area contributed by atoms with E-state index in [0.29, 0.717) is 29.1 Å². The topological polar surface area (TPSA) is 117 Å². The summed E-state index contributed by atoms with van der Waals surface area (Å²) in [6, 6.07) is 17.7. The Balaban J connectivity index is 1.24. The lowest BCUT2D eigenvalue weighted by atomic mass is 9.87. The van der Waals surface area contributed by atoms with Gasteiger partial charge in [-0.3, -0.25) is 9.59 Å². The minimum Gasteiger partial charge on any atom is -0.490 e. The van der Waals surface area contributed by atoms with Gasteiger partial charge in [0.15, 0.2) is 0 Å². The van der Waals surface area contributed by atoms with E-state index in [1.54, 1.807) is 30.3 Å². The Morgan fingerprint density at radius 3 is 2.33 bits per heavy atom. The van der Waals surface area contributed by atoms with Gasteiger partial charge in [-0.25, -0.2) is 4.79 Å². The number of anilines is 1. The second-order valence-corrected chi connectivity index (χ2v) is 9.18. The van der Waals surface area contributed by atoms with Gasteiger partial charge in [0.2, 0.25) is 0 Å². The molecule has 0 aromatic heterocycles. The van der Waals surface area contributed by atoms with Gasteiger partial charge in [-0.15, -0.1) is 0 Å². The molecule has 4 N–H and O–H groups in total. The summed E-state index contributed by atoms with van der Waals surface area (Å²) < 4.78 is 6.08. The number of halogens is 1. The molecule has 8 nitrogen and oxygen atoms in total. The van der Waals surface area contributed by atoms with E-state index in [4.69, 9.17) is 21.4 Å². The Morgan fingerprint density at radius 1 is 0.889 bits per heavy atom. The molecule has 0 aliphatic heterocycles. The predicted molar refractivity (Wildman–Crippen MR) is 139 cm³/mol. The maximum absolute atomic E-state index is 12.5. The highest BCUT2D eigenvalue weighted by Crippen LogP contribution is 2.29. The second kappa shape index (κ2) is 11.8. The molecule has 3 aromatic carbocycles. The molecule has 3 amide bonds. The summed E-state index contributed by atoms with van der Waals surface area (Å²) in [4.78, 5) is 35.7. The molecule has 1 fully saturated rings. The van der Waals surface area contributed by atoms with Gasteiger partial charge in [0, 0.05) is 18.7 Å². The first-order valence-electron chi connectivity index (χ1n) is 11.9. The summed E-state index contributed by atoms with van der Waals surface area (Å²) in [6.07, 6.45) is 2.74. The Bertz CT molecular complexity index is 1260. The van der Waals surface area contributed by atoms with Crippen LogP contribution in [0.2, 0.25) is 5.02 Å². The van der Waals surface area contributed by atoms with Crippen molar-refractivity contribution in [2.45, 2.75) is 31.8 Å². The van der Waals surface area contributed by atoms with Crippen LogP contribution in [-0.4, -0.2) is 42.2 Å². The van der Waals surface area contributed by atoms with Gasteiger partial charge in [0.25, 0.3) is 5.91 Å². The summed E-state index contributed by atoms with van der Waals surface area (Å²) >= 11 is 6.02. The number of fused-ring (bicyclic) bond motifs is 1. The van der Waals surface area contributed by atoms with Crippen LogP contribution in [-0.2, 0) is 4.79 Å². The molecule has 0 spiro atoms. The highest BCUT2D eigenvalue weighted by Gasteiger charge is 2.26. The van der Waals surface area contributed by atoms with Crippen LogP contribution in [0.5, 0.6) is 5.75 Å². The number of aliphatic carboxylic acids is 1. The van der Waals surface area contributed by atoms with Crippen LogP contribution in [0, 0.1) is 5.92 Å². The minimum atomic E-state index is -0.728. The lowest BCUT2D eigenvalue weighted by Crippen LogP contribution is -2.36. The number of urea groups is 1. The predicted octanol–water partition coefficient (Wildman–Crippen LogP) is 5.07. The van der Waals surface area contributed by atoms with Gasteiger partial charge >= 0.3 is 12.0 Å². The highest BCUT2D eigenvalue weighted by atomic mass is 35.5. The molecule has 188 valence electrons. The molecule has 3 aromatic rings. The average molecular weight is 510 g/mol. The third-order valence-corrected chi connectivity index (χ3v) is 6.55. The number of carboxylic acid groups (broad SMARTS) is 1. The molecule has 36 heavy (non-hydrogen) atoms. The van der Waals surface area contributed by atoms with E-state index in [2.05, 4.69) is 16.0 Å². The third-order valence-electron chi connectivity index (χ3n) is 6.22. The van der Waals surface area contributed by atoms with Crippen molar-refractivity contribution in [1.29, 1.82) is 0 Å². The van der Waals surface area contributed by atoms with E-state index in [-0.39, 0.29) is 31.0 Å². The monoisotopic (exact) mass is 509 g/mol. The molecule has 1 aliphatic rings. The maximum atomic E-state index is 12.5. The van der Waals surface area contributed by atoms with E-state index in [1.165, 1.54) is 0 Å². The van der Waals surface area contributed by atoms with Crippen molar-refractivity contribution in [3.8, 4) is 5.75 Å². The second-order valence-electron chi connectivity index (χ2n) is 8.77. The van der Waals surface area contributed by atoms with Crippen molar-refractivity contribution in [1.82, 2.24) is 10.6 Å². The van der Waals surface area contributed by atoms with Crippen molar-refractivity contribution < 1.29 is 24.2 Å². The van der Waals surface area contributed by atoms with E-state index < -0.39 is 12.0 Å². The van der Waals surface area contributed by atoms with Gasteiger partial charge in [0.05, 0.1) is 22.7 Å². The highest BCUT2D eigenvalue weighted by molar-refractivity contribution is 6.33. The number of carboxylic acids is 1. The van der Waals surface area contributed by atoms with E-state index in [0.717, 1.165) is 29.4 Å². The normalized spacial score (nSPS) is 17.2. The van der Waals surface area contributed by atoms with Crippen molar-refractivity contribution in [3.63, 3.8) is 0 Å². The van der Waals surface area contributed by atoms with Gasteiger partial charge < -0.3 is 25.8 Å². The average Bonchev–Trinajstić information content (AvgIpc) is 2.88. The number of benzene rings is 3. The van der Waals surface area contributed by atoms with Crippen molar-refractivity contribution in [3.05, 3.63) is 71.2 Å². The van der Waals surface area contributed by atoms with Crippen LogP contribution in [0.4, 0.5) is 10.5 Å². The molecular weight excluding hydrogens is 482 g/mol. The Labute approximate surface area is 214 Å². The number of ether oxygens (including phenoxy) is 1. The number of nitrogens with one attached hydrogen (secondary N) is 3. The molecule has 0 heterocycles. The van der Waals surface area contributed by atoms with Crippen molar-refractivity contribution in [2.75, 3.05) is 18.4 Å². The molecule has 4 rings (SSSR count). The first kappa shape index (κ1) is 25.3. The number of rotatable bonds is 8. The standard InChI is InChI=1S/C27H28ClN3O5/c28-23-3-1-2-4-24(23)31-27(35)30-14-13-29-25(32)20-6-5-19-16-22(12-9-18(19)15-20)36-21-10-7-17(8-11-21)26(33)34/h1-6,9,12,15-17,21H,7-8,10-11,13-14H2,(H,29,32)(H,33,34)(H2,30,31,35)/t17-,21+. The number of carbonyl (C=O) groups excluding carboxylic acids is 2. The molecule has 0 saturated heterocycles. The SMILES string of the molecule is O=C(NCCNC(=O)c1ccc2cc(O[C@H]3CC[C@@H](C(=O)O)CC3)ccc2c1)Nc1ccccc1Cl. The van der Waals surface area contributed by atoms with Gasteiger partial charge in [0.1, 0.15) is 5.75 Å². The van der Waals surface area contributed by atoms with Crippen LogP contribution in [0.1, 0.15) is 36.0 Å².